The van der Waals surface area contributed by atoms with Crippen molar-refractivity contribution in [2.24, 2.45) is 0 Å². The Bertz CT molecular complexity index is 1070. The van der Waals surface area contributed by atoms with Gasteiger partial charge in [0, 0.05) is 6.42 Å². The molecule has 0 spiro atoms. The van der Waals surface area contributed by atoms with Crippen LogP contribution in [0.15, 0.2) is 47.3 Å². The highest BCUT2D eigenvalue weighted by Gasteiger charge is 2.32. The van der Waals surface area contributed by atoms with Crippen molar-refractivity contribution in [1.82, 2.24) is 4.73 Å². The molecule has 2 aromatic carbocycles. The number of halogens is 2. The number of hydrogen-bond acceptors (Lipinski definition) is 3. The van der Waals surface area contributed by atoms with Crippen LogP contribution < -0.4 is 5.43 Å². The number of hydrogen-bond donors (Lipinski definition) is 1. The number of fused-ring (bicyclic) bond motifs is 2. The first kappa shape index (κ1) is 15.5. The molecule has 0 bridgehead atoms. The molecule has 1 aromatic heterocycles. The maximum absolute atomic E-state index is 14.1. The minimum absolute atomic E-state index is 0.0326. The number of carbonyl (C=O) groups is 1. The van der Waals surface area contributed by atoms with Crippen molar-refractivity contribution < 1.29 is 18.8 Å². The number of aromatic nitrogens is 1. The van der Waals surface area contributed by atoms with Gasteiger partial charge >= 0.3 is 0 Å². The van der Waals surface area contributed by atoms with Crippen molar-refractivity contribution in [3.05, 3.63) is 81.1 Å². The zero-order valence-electron chi connectivity index (χ0n) is 13.0. The number of rotatable bonds is 1. The molecule has 3 aromatic rings. The maximum atomic E-state index is 14.1. The lowest BCUT2D eigenvalue weighted by Crippen LogP contribution is -2.30. The highest BCUT2D eigenvalue weighted by Crippen LogP contribution is 2.33. The number of carbonyl (C=O) groups excluding carboxylic acids is 1. The lowest BCUT2D eigenvalue weighted by Gasteiger charge is -2.25. The lowest BCUT2D eigenvalue weighted by molar-refractivity contribution is 0.0949. The Morgan fingerprint density at radius 2 is 1.72 bits per heavy atom. The van der Waals surface area contributed by atoms with Crippen LogP contribution >= 0.6 is 0 Å². The number of Topliss-reactive ketones (excluding diaryl/α,β-unsaturated/α-hetero) is 1. The van der Waals surface area contributed by atoms with Gasteiger partial charge in [0.25, 0.3) is 0 Å². The van der Waals surface area contributed by atoms with Crippen molar-refractivity contribution >= 4 is 16.7 Å². The summed E-state index contributed by atoms with van der Waals surface area (Å²) < 4.78 is 27.8. The smallest absolute Gasteiger partial charge is 0.200 e. The Morgan fingerprint density at radius 1 is 1.00 bits per heavy atom. The maximum Gasteiger partial charge on any atom is 0.200 e. The van der Waals surface area contributed by atoms with Crippen molar-refractivity contribution in [3.8, 4) is 0 Å². The third-order valence-electron chi connectivity index (χ3n) is 4.71. The summed E-state index contributed by atoms with van der Waals surface area (Å²) in [7, 11) is 0. The molecule has 0 saturated heterocycles. The van der Waals surface area contributed by atoms with E-state index in [0.29, 0.717) is 4.73 Å². The quantitative estimate of drug-likeness (QED) is 0.690. The summed E-state index contributed by atoms with van der Waals surface area (Å²) in [6.07, 6.45) is 0.261. The first-order chi connectivity index (χ1) is 12.0. The summed E-state index contributed by atoms with van der Waals surface area (Å²) in [6, 6.07) is 9.61. The minimum Gasteiger partial charge on any atom is -0.428 e. The van der Waals surface area contributed by atoms with E-state index in [1.807, 2.05) is 0 Å². The van der Waals surface area contributed by atoms with E-state index in [-0.39, 0.29) is 40.9 Å². The van der Waals surface area contributed by atoms with Gasteiger partial charge in [-0.05, 0) is 42.2 Å². The third-order valence-corrected chi connectivity index (χ3v) is 4.71. The fraction of sp³-hybridized carbons (Fsp3) is 0.158. The number of pyridine rings is 1. The van der Waals surface area contributed by atoms with Gasteiger partial charge in [-0.25, -0.2) is 8.78 Å². The predicted octanol–water partition coefficient (Wildman–Crippen LogP) is 3.43. The highest BCUT2D eigenvalue weighted by molar-refractivity contribution is 6.01. The molecule has 0 saturated carbocycles. The summed E-state index contributed by atoms with van der Waals surface area (Å²) in [4.78, 5) is 25.2. The molecule has 1 unspecified atom stereocenters. The molecule has 4 rings (SSSR count). The molecule has 1 atom stereocenters. The van der Waals surface area contributed by atoms with Gasteiger partial charge in [-0.1, -0.05) is 18.2 Å². The third kappa shape index (κ3) is 2.33. The topological polar surface area (TPSA) is 59.3 Å². The molecule has 1 heterocycles. The second-order valence-electron chi connectivity index (χ2n) is 6.18. The van der Waals surface area contributed by atoms with Crippen LogP contribution in [0.5, 0.6) is 0 Å². The number of nitrogens with zero attached hydrogens (tertiary/aromatic N) is 1. The molecule has 25 heavy (non-hydrogen) atoms. The Hall–Kier alpha value is -3.02. The average Bonchev–Trinajstić information content (AvgIpc) is 2.59. The van der Waals surface area contributed by atoms with Crippen LogP contribution in [-0.4, -0.2) is 15.7 Å². The van der Waals surface area contributed by atoms with E-state index in [4.69, 9.17) is 0 Å². The van der Waals surface area contributed by atoms with Gasteiger partial charge in [0.15, 0.2) is 11.6 Å². The predicted molar refractivity (Wildman–Crippen MR) is 87.1 cm³/mol. The first-order valence-electron chi connectivity index (χ1n) is 7.81. The van der Waals surface area contributed by atoms with Crippen molar-refractivity contribution in [1.29, 1.82) is 0 Å². The monoisotopic (exact) mass is 341 g/mol. The van der Waals surface area contributed by atoms with Gasteiger partial charge < -0.3 is 5.21 Å². The molecule has 1 aliphatic carbocycles. The van der Waals surface area contributed by atoms with Gasteiger partial charge in [0.2, 0.25) is 5.43 Å². The summed E-state index contributed by atoms with van der Waals surface area (Å²) in [5, 5.41) is 10.4. The van der Waals surface area contributed by atoms with E-state index in [1.54, 1.807) is 12.1 Å². The Kier molecular flexibility index (Phi) is 3.42. The molecule has 1 N–H and O–H groups in total. The zero-order chi connectivity index (χ0) is 17.7. The fourth-order valence-corrected chi connectivity index (χ4v) is 3.50. The molecule has 126 valence electrons. The summed E-state index contributed by atoms with van der Waals surface area (Å²) in [6.45, 7) is 0. The van der Waals surface area contributed by atoms with Crippen LogP contribution in [0.2, 0.25) is 0 Å². The number of para-hydroxylation sites is 1. The molecule has 0 fully saturated rings. The second kappa shape index (κ2) is 5.51. The Morgan fingerprint density at radius 3 is 2.44 bits per heavy atom. The fourth-order valence-electron chi connectivity index (χ4n) is 3.50. The van der Waals surface area contributed by atoms with Crippen molar-refractivity contribution in [2.75, 3.05) is 0 Å². The van der Waals surface area contributed by atoms with Crippen LogP contribution in [0.25, 0.3) is 10.9 Å². The molecule has 0 amide bonds. The Balaban J connectivity index is 1.93. The summed E-state index contributed by atoms with van der Waals surface area (Å²) in [5.74, 6) is -1.85. The minimum atomic E-state index is -0.740. The van der Waals surface area contributed by atoms with Gasteiger partial charge in [-0.2, -0.15) is 4.73 Å². The van der Waals surface area contributed by atoms with E-state index in [1.165, 1.54) is 24.3 Å². The Labute approximate surface area is 140 Å². The molecular formula is C19H13F2NO3. The van der Waals surface area contributed by atoms with E-state index < -0.39 is 22.8 Å². The van der Waals surface area contributed by atoms with Gasteiger partial charge in [0.05, 0.1) is 16.6 Å². The zero-order valence-corrected chi connectivity index (χ0v) is 13.0. The molecule has 0 aliphatic heterocycles. The van der Waals surface area contributed by atoms with Crippen LogP contribution in [0, 0.1) is 11.6 Å². The molecular weight excluding hydrogens is 328 g/mol. The summed E-state index contributed by atoms with van der Waals surface area (Å²) in [5.41, 5.74) is -0.0928. The van der Waals surface area contributed by atoms with Crippen LogP contribution in [0.3, 0.4) is 0 Å². The van der Waals surface area contributed by atoms with E-state index >= 15 is 0 Å². The standard InChI is InChI=1S/C19H13F2NO3/c20-12-6-4-10(5-7-12)11-8-15-17(16(23)9-11)19(24)13-2-1-3-14(21)18(13)22(15)25/h1-7,11,25H,8-9H2. The van der Waals surface area contributed by atoms with Crippen LogP contribution in [0.4, 0.5) is 8.78 Å². The highest BCUT2D eigenvalue weighted by atomic mass is 19.1. The number of benzene rings is 2. The van der Waals surface area contributed by atoms with Gasteiger partial charge in [-0.15, -0.1) is 0 Å². The molecule has 4 nitrogen and oxygen atoms in total. The molecule has 0 radical (unpaired) electrons. The average molecular weight is 341 g/mol. The van der Waals surface area contributed by atoms with E-state index in [2.05, 4.69) is 0 Å². The number of ketones is 1. The van der Waals surface area contributed by atoms with Gasteiger partial charge in [-0.3, -0.25) is 9.59 Å². The SMILES string of the molecule is O=C1CC(c2ccc(F)cc2)Cc2c1c(=O)c1cccc(F)c1n2O. The van der Waals surface area contributed by atoms with Crippen LogP contribution in [-0.2, 0) is 6.42 Å². The summed E-state index contributed by atoms with van der Waals surface area (Å²) >= 11 is 0. The van der Waals surface area contributed by atoms with Crippen molar-refractivity contribution in [2.45, 2.75) is 18.8 Å². The largest absolute Gasteiger partial charge is 0.428 e. The normalized spacial score (nSPS) is 16.9. The lowest BCUT2D eigenvalue weighted by atomic mass is 9.81. The molecule has 6 heteroatoms. The van der Waals surface area contributed by atoms with Gasteiger partial charge in [0.1, 0.15) is 11.3 Å². The van der Waals surface area contributed by atoms with E-state index in [9.17, 15) is 23.6 Å². The van der Waals surface area contributed by atoms with E-state index in [0.717, 1.165) is 11.6 Å². The molecule has 1 aliphatic rings. The van der Waals surface area contributed by atoms with Crippen molar-refractivity contribution in [3.63, 3.8) is 0 Å². The van der Waals surface area contributed by atoms with Crippen LogP contribution in [0.1, 0.15) is 34.0 Å². The second-order valence-corrected chi connectivity index (χ2v) is 6.18. The first-order valence-corrected chi connectivity index (χ1v) is 7.81.